The van der Waals surface area contributed by atoms with Crippen LogP contribution in [0.3, 0.4) is 0 Å². The molecule has 0 saturated heterocycles. The van der Waals surface area contributed by atoms with Crippen molar-refractivity contribution in [3.8, 4) is 0 Å². The third-order valence-electron chi connectivity index (χ3n) is 3.19. The maximum Gasteiger partial charge on any atom is 0.416 e. The Morgan fingerprint density at radius 1 is 1.29 bits per heavy atom. The molecule has 2 rings (SSSR count). The normalized spacial score (nSPS) is 13.9. The van der Waals surface area contributed by atoms with Crippen molar-refractivity contribution in [1.82, 2.24) is 10.1 Å². The molecule has 1 heterocycles. The fourth-order valence-electron chi connectivity index (χ4n) is 2.10. The maximum atomic E-state index is 13.1. The highest BCUT2D eigenvalue weighted by Gasteiger charge is 2.36. The lowest BCUT2D eigenvalue weighted by Crippen LogP contribution is -2.14. The van der Waals surface area contributed by atoms with Crippen LogP contribution in [0, 0.1) is 0 Å². The first-order valence-electron chi connectivity index (χ1n) is 6.81. The highest BCUT2D eigenvalue weighted by molar-refractivity contribution is 7.90. The number of sulfone groups is 1. The van der Waals surface area contributed by atoms with Crippen molar-refractivity contribution in [1.29, 1.82) is 0 Å². The molecule has 0 spiro atoms. The molecule has 0 aliphatic carbocycles. The van der Waals surface area contributed by atoms with E-state index >= 15 is 0 Å². The Morgan fingerprint density at radius 3 is 2.54 bits per heavy atom. The van der Waals surface area contributed by atoms with Gasteiger partial charge in [-0.3, -0.25) is 0 Å². The number of ether oxygens (including phenoxy) is 1. The van der Waals surface area contributed by atoms with Gasteiger partial charge in [0, 0.05) is 25.3 Å². The van der Waals surface area contributed by atoms with Crippen molar-refractivity contribution in [3.05, 3.63) is 47.1 Å². The molecule has 0 aliphatic heterocycles. The quantitative estimate of drug-likeness (QED) is 0.783. The SMILES string of the molecule is COC(c1nc(CCS(C)(=O)=O)no1)c1ccccc1C(F)(F)F. The Labute approximate surface area is 136 Å². The molecule has 0 amide bonds. The molecule has 0 aliphatic rings. The minimum atomic E-state index is -4.56. The zero-order valence-corrected chi connectivity index (χ0v) is 13.7. The third-order valence-corrected chi connectivity index (χ3v) is 4.13. The third kappa shape index (κ3) is 4.54. The second-order valence-corrected chi connectivity index (χ2v) is 7.39. The minimum Gasteiger partial charge on any atom is -0.367 e. The van der Waals surface area contributed by atoms with Crippen LogP contribution in [0.1, 0.15) is 28.9 Å². The first kappa shape index (κ1) is 18.4. The summed E-state index contributed by atoms with van der Waals surface area (Å²) in [6, 6.07) is 4.90. The van der Waals surface area contributed by atoms with Gasteiger partial charge in [0.25, 0.3) is 5.89 Å². The number of nitrogens with zero attached hydrogens (tertiary/aromatic N) is 2. The van der Waals surface area contributed by atoms with E-state index in [1.807, 2.05) is 0 Å². The average molecular weight is 364 g/mol. The van der Waals surface area contributed by atoms with E-state index in [0.717, 1.165) is 12.3 Å². The van der Waals surface area contributed by atoms with Crippen molar-refractivity contribution >= 4 is 9.84 Å². The van der Waals surface area contributed by atoms with Gasteiger partial charge in [-0.15, -0.1) is 0 Å². The molecule has 0 bridgehead atoms. The van der Waals surface area contributed by atoms with E-state index in [1.54, 1.807) is 0 Å². The van der Waals surface area contributed by atoms with Crippen molar-refractivity contribution in [2.75, 3.05) is 19.1 Å². The van der Waals surface area contributed by atoms with Gasteiger partial charge >= 0.3 is 6.18 Å². The summed E-state index contributed by atoms with van der Waals surface area (Å²) in [6.45, 7) is 0. The second kappa shape index (κ2) is 6.89. The van der Waals surface area contributed by atoms with E-state index in [-0.39, 0.29) is 29.5 Å². The first-order chi connectivity index (χ1) is 11.1. The Morgan fingerprint density at radius 2 is 1.96 bits per heavy atom. The number of methoxy groups -OCH3 is 1. The molecule has 0 radical (unpaired) electrons. The number of hydrogen-bond donors (Lipinski definition) is 0. The number of aromatic nitrogens is 2. The Bertz CT molecular complexity index is 802. The summed E-state index contributed by atoms with van der Waals surface area (Å²) in [6.07, 6.45) is -4.71. The van der Waals surface area contributed by atoms with E-state index in [1.165, 1.54) is 25.3 Å². The van der Waals surface area contributed by atoms with Crippen LogP contribution in [-0.4, -0.2) is 37.7 Å². The fraction of sp³-hybridized carbons (Fsp3) is 0.429. The van der Waals surface area contributed by atoms with Crippen LogP contribution in [-0.2, 0) is 27.2 Å². The van der Waals surface area contributed by atoms with E-state index in [2.05, 4.69) is 10.1 Å². The molecular weight excluding hydrogens is 349 g/mol. The van der Waals surface area contributed by atoms with Gasteiger partial charge in [0.2, 0.25) is 0 Å². The van der Waals surface area contributed by atoms with Gasteiger partial charge in [-0.25, -0.2) is 8.42 Å². The molecular formula is C14H15F3N2O4S. The van der Waals surface area contributed by atoms with Crippen LogP contribution in [0.5, 0.6) is 0 Å². The summed E-state index contributed by atoms with van der Waals surface area (Å²) in [5, 5.41) is 3.59. The second-order valence-electron chi connectivity index (χ2n) is 5.13. The largest absolute Gasteiger partial charge is 0.416 e. The van der Waals surface area contributed by atoms with Crippen LogP contribution in [0.25, 0.3) is 0 Å². The number of aryl methyl sites for hydroxylation is 1. The molecule has 1 atom stereocenters. The van der Waals surface area contributed by atoms with Crippen LogP contribution in [0.2, 0.25) is 0 Å². The van der Waals surface area contributed by atoms with Crippen molar-refractivity contribution in [2.45, 2.75) is 18.7 Å². The maximum absolute atomic E-state index is 13.1. The highest BCUT2D eigenvalue weighted by atomic mass is 32.2. The lowest BCUT2D eigenvalue weighted by molar-refractivity contribution is -0.139. The Kier molecular flexibility index (Phi) is 5.29. The van der Waals surface area contributed by atoms with Gasteiger partial charge in [0.05, 0.1) is 11.3 Å². The van der Waals surface area contributed by atoms with Gasteiger partial charge < -0.3 is 9.26 Å². The van der Waals surface area contributed by atoms with Crippen LogP contribution >= 0.6 is 0 Å². The Hall–Kier alpha value is -1.94. The summed E-state index contributed by atoms with van der Waals surface area (Å²) >= 11 is 0. The van der Waals surface area contributed by atoms with Crippen molar-refractivity contribution in [2.24, 2.45) is 0 Å². The molecule has 0 saturated carbocycles. The van der Waals surface area contributed by atoms with Crippen LogP contribution in [0.4, 0.5) is 13.2 Å². The smallest absolute Gasteiger partial charge is 0.367 e. The van der Waals surface area contributed by atoms with Gasteiger partial charge in [-0.05, 0) is 6.07 Å². The van der Waals surface area contributed by atoms with Crippen LogP contribution in [0.15, 0.2) is 28.8 Å². The lowest BCUT2D eigenvalue weighted by atomic mass is 10.0. The summed E-state index contributed by atoms with van der Waals surface area (Å²) in [7, 11) is -2.00. The lowest BCUT2D eigenvalue weighted by Gasteiger charge is -2.17. The number of alkyl halides is 3. The van der Waals surface area contributed by atoms with Crippen molar-refractivity contribution in [3.63, 3.8) is 0 Å². The number of rotatable bonds is 6. The highest BCUT2D eigenvalue weighted by Crippen LogP contribution is 2.37. The predicted octanol–water partition coefficient (Wildman–Crippen LogP) is 2.41. The van der Waals surface area contributed by atoms with E-state index < -0.39 is 27.7 Å². The van der Waals surface area contributed by atoms with Crippen LogP contribution < -0.4 is 0 Å². The molecule has 1 aromatic carbocycles. The Balaban J connectivity index is 2.32. The molecule has 1 aromatic heterocycles. The summed E-state index contributed by atoms with van der Waals surface area (Å²) in [5.41, 5.74) is -1.03. The van der Waals surface area contributed by atoms with Crippen molar-refractivity contribution < 1.29 is 30.8 Å². The predicted molar refractivity (Wildman–Crippen MR) is 78.0 cm³/mol. The number of hydrogen-bond acceptors (Lipinski definition) is 6. The topological polar surface area (TPSA) is 82.3 Å². The molecule has 132 valence electrons. The molecule has 6 nitrogen and oxygen atoms in total. The van der Waals surface area contributed by atoms with Gasteiger partial charge in [-0.2, -0.15) is 18.2 Å². The zero-order valence-electron chi connectivity index (χ0n) is 12.9. The van der Waals surface area contributed by atoms with E-state index in [4.69, 9.17) is 9.26 Å². The molecule has 0 N–H and O–H groups in total. The summed E-state index contributed by atoms with van der Waals surface area (Å²) in [5.74, 6) is -0.275. The average Bonchev–Trinajstić information content (AvgIpc) is 2.93. The first-order valence-corrected chi connectivity index (χ1v) is 8.87. The van der Waals surface area contributed by atoms with E-state index in [9.17, 15) is 21.6 Å². The zero-order chi connectivity index (χ0) is 18.0. The molecule has 0 fully saturated rings. The van der Waals surface area contributed by atoms with E-state index in [0.29, 0.717) is 0 Å². The van der Waals surface area contributed by atoms with Gasteiger partial charge in [0.1, 0.15) is 9.84 Å². The molecule has 2 aromatic rings. The number of benzene rings is 1. The summed E-state index contributed by atoms with van der Waals surface area (Å²) in [4.78, 5) is 3.95. The molecule has 1 unspecified atom stereocenters. The molecule has 10 heteroatoms. The molecule has 24 heavy (non-hydrogen) atoms. The summed E-state index contributed by atoms with van der Waals surface area (Å²) < 4.78 is 71.7. The van der Waals surface area contributed by atoms with Gasteiger partial charge in [0.15, 0.2) is 11.9 Å². The number of halogens is 3. The monoisotopic (exact) mass is 364 g/mol. The standard InChI is InChI=1S/C14H15F3N2O4S/c1-22-12(9-5-3-4-6-10(9)14(15,16)17)13-18-11(19-23-13)7-8-24(2,20)21/h3-6,12H,7-8H2,1-2H3. The fourth-order valence-corrected chi connectivity index (χ4v) is 2.65. The minimum absolute atomic E-state index is 0.000312. The van der Waals surface area contributed by atoms with Gasteiger partial charge in [-0.1, -0.05) is 23.4 Å².